The number of carboxylic acids is 1. The van der Waals surface area contributed by atoms with Crippen molar-refractivity contribution in [2.24, 2.45) is 11.8 Å². The van der Waals surface area contributed by atoms with Crippen LogP contribution in [0.1, 0.15) is 79.2 Å². The van der Waals surface area contributed by atoms with Gasteiger partial charge in [0.2, 0.25) is 0 Å². The number of carboxylic acid groups (broad SMARTS) is 1. The molecule has 0 atom stereocenters. The molecule has 4 aromatic carbocycles. The fourth-order valence-electron chi connectivity index (χ4n) is 6.04. The average Bonchev–Trinajstić information content (AvgIpc) is 3.30. The van der Waals surface area contributed by atoms with E-state index in [2.05, 4.69) is 81.5 Å². The molecule has 1 aromatic heterocycles. The molecular weight excluding hydrogens is 574 g/mol. The summed E-state index contributed by atoms with van der Waals surface area (Å²) >= 11 is 0. The fourth-order valence-corrected chi connectivity index (χ4v) is 6.04. The molecule has 0 aliphatic rings. The Hall–Kier alpha value is -4.91. The highest BCUT2D eigenvalue weighted by Crippen LogP contribution is 2.29. The minimum absolute atomic E-state index is 0.0598. The van der Waals surface area contributed by atoms with E-state index in [0.29, 0.717) is 28.4 Å². The standard InChI is InChI=1S/C39H43N3O4/c1-26(2)23-28-14-18-30(19-15-28)37(31-20-16-29(17-21-31)24-27(3)4)40-33-10-7-9-32(25-33)38(45)42-35-12-6-5-11-34(35)41(39(42)46)22-8-13-36(43)44/h5-7,9-12,14-21,25-27,37,40H,8,13,22-24H2,1-4H3,(H,43,44). The van der Waals surface area contributed by atoms with Gasteiger partial charge in [0.25, 0.3) is 5.91 Å². The monoisotopic (exact) mass is 617 g/mol. The summed E-state index contributed by atoms with van der Waals surface area (Å²) in [6.45, 7) is 9.08. The third kappa shape index (κ3) is 7.65. The number of fused-ring (bicyclic) bond motifs is 1. The number of hydrogen-bond acceptors (Lipinski definition) is 4. The Morgan fingerprint density at radius 1 is 0.739 bits per heavy atom. The molecule has 2 N–H and O–H groups in total. The van der Waals surface area contributed by atoms with Crippen LogP contribution in [0.4, 0.5) is 5.69 Å². The molecule has 0 unspecified atom stereocenters. The number of hydrogen-bond donors (Lipinski definition) is 2. The number of aryl methyl sites for hydroxylation is 1. The molecule has 0 fully saturated rings. The average molecular weight is 618 g/mol. The third-order valence-corrected chi connectivity index (χ3v) is 8.15. The van der Waals surface area contributed by atoms with Crippen molar-refractivity contribution in [3.63, 3.8) is 0 Å². The zero-order chi connectivity index (χ0) is 32.8. The smallest absolute Gasteiger partial charge is 0.336 e. The van der Waals surface area contributed by atoms with E-state index in [4.69, 9.17) is 5.11 Å². The number of aliphatic carboxylic acids is 1. The van der Waals surface area contributed by atoms with Crippen molar-refractivity contribution in [1.29, 1.82) is 0 Å². The van der Waals surface area contributed by atoms with Crippen LogP contribution in [-0.2, 0) is 24.2 Å². The number of benzene rings is 4. The summed E-state index contributed by atoms with van der Waals surface area (Å²) in [5.41, 5.74) is 6.56. The normalized spacial score (nSPS) is 11.5. The number of anilines is 1. The predicted octanol–water partition coefficient (Wildman–Crippen LogP) is 7.95. The Bertz CT molecular complexity index is 1810. The summed E-state index contributed by atoms with van der Waals surface area (Å²) in [5, 5.41) is 12.8. The van der Waals surface area contributed by atoms with E-state index >= 15 is 0 Å². The highest BCUT2D eigenvalue weighted by Gasteiger charge is 2.21. The molecule has 1 heterocycles. The van der Waals surface area contributed by atoms with E-state index in [1.807, 2.05) is 12.1 Å². The lowest BCUT2D eigenvalue weighted by Gasteiger charge is -2.22. The molecule has 0 spiro atoms. The Morgan fingerprint density at radius 2 is 1.30 bits per heavy atom. The number of carbonyl (C=O) groups excluding carboxylic acids is 1. The largest absolute Gasteiger partial charge is 0.481 e. The Kier molecular flexibility index (Phi) is 10.2. The van der Waals surface area contributed by atoms with Gasteiger partial charge in [-0.1, -0.05) is 94.4 Å². The van der Waals surface area contributed by atoms with Crippen molar-refractivity contribution >= 4 is 28.6 Å². The highest BCUT2D eigenvalue weighted by atomic mass is 16.4. The summed E-state index contributed by atoms with van der Waals surface area (Å²) in [4.78, 5) is 38.6. The summed E-state index contributed by atoms with van der Waals surface area (Å²) in [6.07, 6.45) is 2.26. The molecule has 0 aliphatic heterocycles. The fraction of sp³-hybridized carbons (Fsp3) is 0.308. The second-order valence-corrected chi connectivity index (χ2v) is 12.9. The van der Waals surface area contributed by atoms with E-state index in [1.165, 1.54) is 20.3 Å². The van der Waals surface area contributed by atoms with Crippen molar-refractivity contribution in [3.05, 3.63) is 135 Å². The first-order valence-electron chi connectivity index (χ1n) is 16.1. The third-order valence-electron chi connectivity index (χ3n) is 8.15. The van der Waals surface area contributed by atoms with Gasteiger partial charge in [-0.2, -0.15) is 0 Å². The van der Waals surface area contributed by atoms with Crippen molar-refractivity contribution in [3.8, 4) is 0 Å². The minimum Gasteiger partial charge on any atom is -0.481 e. The maximum Gasteiger partial charge on any atom is 0.336 e. The van der Waals surface area contributed by atoms with E-state index < -0.39 is 17.6 Å². The predicted molar refractivity (Wildman–Crippen MR) is 185 cm³/mol. The van der Waals surface area contributed by atoms with Gasteiger partial charge in [0.1, 0.15) is 0 Å². The van der Waals surface area contributed by atoms with Gasteiger partial charge in [-0.3, -0.25) is 14.2 Å². The molecule has 0 radical (unpaired) electrons. The van der Waals surface area contributed by atoms with Crippen LogP contribution in [0.2, 0.25) is 0 Å². The number of imidazole rings is 1. The van der Waals surface area contributed by atoms with Gasteiger partial charge in [0, 0.05) is 24.2 Å². The van der Waals surface area contributed by atoms with Crippen molar-refractivity contribution < 1.29 is 14.7 Å². The van der Waals surface area contributed by atoms with Crippen LogP contribution in [0.3, 0.4) is 0 Å². The second-order valence-electron chi connectivity index (χ2n) is 12.9. The lowest BCUT2D eigenvalue weighted by atomic mass is 9.93. The molecule has 0 bridgehead atoms. The molecule has 5 aromatic rings. The molecule has 0 saturated heterocycles. The summed E-state index contributed by atoms with van der Waals surface area (Å²) in [5.74, 6) is -0.220. The first-order chi connectivity index (χ1) is 22.1. The molecule has 238 valence electrons. The quantitative estimate of drug-likeness (QED) is 0.140. The second kappa shape index (κ2) is 14.5. The van der Waals surface area contributed by atoms with E-state index in [9.17, 15) is 14.4 Å². The van der Waals surface area contributed by atoms with Crippen molar-refractivity contribution in [2.45, 2.75) is 66.0 Å². The molecule has 0 amide bonds. The SMILES string of the molecule is CC(C)Cc1ccc(C(Nc2cccc(C(=O)n3c(=O)n(CCCC(=O)O)c4ccccc43)c2)c2ccc(CC(C)C)cc2)cc1. The van der Waals surface area contributed by atoms with Crippen molar-refractivity contribution in [1.82, 2.24) is 9.13 Å². The van der Waals surface area contributed by atoms with Gasteiger partial charge < -0.3 is 10.4 Å². The summed E-state index contributed by atoms with van der Waals surface area (Å²) in [6, 6.07) is 31.7. The lowest BCUT2D eigenvalue weighted by Crippen LogP contribution is -2.29. The molecule has 5 rings (SSSR count). The van der Waals surface area contributed by atoms with Gasteiger partial charge in [0.05, 0.1) is 17.1 Å². The Labute approximate surface area is 270 Å². The van der Waals surface area contributed by atoms with E-state index in [0.717, 1.165) is 29.7 Å². The van der Waals surface area contributed by atoms with Crippen LogP contribution in [0.5, 0.6) is 0 Å². The zero-order valence-electron chi connectivity index (χ0n) is 27.1. The lowest BCUT2D eigenvalue weighted by molar-refractivity contribution is -0.137. The number of aromatic nitrogens is 2. The van der Waals surface area contributed by atoms with Gasteiger partial charge in [-0.15, -0.1) is 0 Å². The summed E-state index contributed by atoms with van der Waals surface area (Å²) in [7, 11) is 0. The number of para-hydroxylation sites is 2. The van der Waals surface area contributed by atoms with Crippen LogP contribution in [0, 0.1) is 11.8 Å². The molecule has 0 saturated carbocycles. The van der Waals surface area contributed by atoms with Crippen LogP contribution in [0.25, 0.3) is 11.0 Å². The Morgan fingerprint density at radius 3 is 1.85 bits per heavy atom. The number of nitrogens with one attached hydrogen (secondary N) is 1. The molecular formula is C39H43N3O4. The maximum atomic E-state index is 13.9. The topological polar surface area (TPSA) is 93.3 Å². The van der Waals surface area contributed by atoms with Crippen LogP contribution >= 0.6 is 0 Å². The zero-order valence-corrected chi connectivity index (χ0v) is 27.1. The first kappa shape index (κ1) is 32.5. The van der Waals surface area contributed by atoms with Crippen LogP contribution in [-0.4, -0.2) is 26.1 Å². The highest BCUT2D eigenvalue weighted by molar-refractivity contribution is 6.01. The van der Waals surface area contributed by atoms with Crippen LogP contribution in [0.15, 0.2) is 102 Å². The van der Waals surface area contributed by atoms with Gasteiger partial charge in [-0.25, -0.2) is 9.36 Å². The number of carbonyl (C=O) groups is 2. The molecule has 7 heteroatoms. The van der Waals surface area contributed by atoms with Crippen LogP contribution < -0.4 is 11.0 Å². The molecule has 46 heavy (non-hydrogen) atoms. The van der Waals surface area contributed by atoms with E-state index in [-0.39, 0.29) is 25.4 Å². The molecule has 0 aliphatic carbocycles. The maximum absolute atomic E-state index is 13.9. The number of nitrogens with zero attached hydrogens (tertiary/aromatic N) is 2. The van der Waals surface area contributed by atoms with Crippen molar-refractivity contribution in [2.75, 3.05) is 5.32 Å². The van der Waals surface area contributed by atoms with Gasteiger partial charge >= 0.3 is 11.7 Å². The van der Waals surface area contributed by atoms with Gasteiger partial charge in [-0.05, 0) is 83.7 Å². The van der Waals surface area contributed by atoms with Gasteiger partial charge in [0.15, 0.2) is 0 Å². The number of rotatable bonds is 13. The van der Waals surface area contributed by atoms with E-state index in [1.54, 1.807) is 36.4 Å². The molecule has 7 nitrogen and oxygen atoms in total. The minimum atomic E-state index is -0.923. The first-order valence-corrected chi connectivity index (χ1v) is 16.1. The Balaban J connectivity index is 1.48. The summed E-state index contributed by atoms with van der Waals surface area (Å²) < 4.78 is 2.67.